The highest BCUT2D eigenvalue weighted by molar-refractivity contribution is 9.09. The lowest BCUT2D eigenvalue weighted by Crippen LogP contribution is -2.05. The fourth-order valence-electron chi connectivity index (χ4n) is 2.48. The molecular formula is C16H23BrO2. The molecule has 1 fully saturated rings. The lowest BCUT2D eigenvalue weighted by molar-refractivity contribution is 0.102. The number of ether oxygens (including phenoxy) is 2. The van der Waals surface area contributed by atoms with E-state index in [1.165, 1.54) is 24.0 Å². The van der Waals surface area contributed by atoms with Gasteiger partial charge < -0.3 is 9.47 Å². The first kappa shape index (κ1) is 15.0. The summed E-state index contributed by atoms with van der Waals surface area (Å²) in [6.45, 7) is 1.74. The van der Waals surface area contributed by atoms with Crippen molar-refractivity contribution in [1.82, 2.24) is 0 Å². The van der Waals surface area contributed by atoms with E-state index in [4.69, 9.17) is 9.47 Å². The number of hydrogen-bond acceptors (Lipinski definition) is 2. The maximum atomic E-state index is 5.67. The molecule has 0 saturated carbocycles. The van der Waals surface area contributed by atoms with E-state index >= 15 is 0 Å². The van der Waals surface area contributed by atoms with E-state index in [2.05, 4.69) is 40.2 Å². The highest BCUT2D eigenvalue weighted by Gasteiger charge is 2.17. The number of benzene rings is 1. The zero-order valence-corrected chi connectivity index (χ0v) is 13.2. The van der Waals surface area contributed by atoms with Gasteiger partial charge >= 0.3 is 0 Å². The van der Waals surface area contributed by atoms with Crippen molar-refractivity contribution in [2.45, 2.75) is 43.0 Å². The van der Waals surface area contributed by atoms with Gasteiger partial charge in [-0.2, -0.15) is 0 Å². The molecule has 2 atom stereocenters. The van der Waals surface area contributed by atoms with Crippen molar-refractivity contribution in [3.63, 3.8) is 0 Å². The van der Waals surface area contributed by atoms with Gasteiger partial charge in [0.25, 0.3) is 0 Å². The predicted octanol–water partition coefficient (Wildman–Crippen LogP) is 4.27. The molecular weight excluding hydrogens is 304 g/mol. The molecule has 0 aromatic heterocycles. The average Bonchev–Trinajstić information content (AvgIpc) is 2.96. The van der Waals surface area contributed by atoms with Gasteiger partial charge in [0.05, 0.1) is 12.7 Å². The zero-order valence-electron chi connectivity index (χ0n) is 11.6. The summed E-state index contributed by atoms with van der Waals surface area (Å²) in [5.74, 6) is 0. The summed E-state index contributed by atoms with van der Waals surface area (Å²) >= 11 is 3.79. The summed E-state index contributed by atoms with van der Waals surface area (Å²) in [6.07, 6.45) is 6.23. The number of alkyl halides is 1. The Labute approximate surface area is 124 Å². The van der Waals surface area contributed by atoms with Gasteiger partial charge in [-0.3, -0.25) is 0 Å². The third-order valence-electron chi connectivity index (χ3n) is 3.70. The largest absolute Gasteiger partial charge is 0.384 e. The van der Waals surface area contributed by atoms with Crippen LogP contribution in [0.15, 0.2) is 24.3 Å². The highest BCUT2D eigenvalue weighted by atomic mass is 79.9. The molecule has 0 bridgehead atoms. The molecule has 0 spiro atoms. The molecule has 2 nitrogen and oxygen atoms in total. The van der Waals surface area contributed by atoms with Crippen LogP contribution in [-0.4, -0.2) is 26.4 Å². The fraction of sp³-hybridized carbons (Fsp3) is 0.625. The molecule has 19 heavy (non-hydrogen) atoms. The molecule has 2 rings (SSSR count). The minimum atomic E-state index is 0.438. The molecule has 2 unspecified atom stereocenters. The van der Waals surface area contributed by atoms with Crippen LogP contribution in [0, 0.1) is 0 Å². The Kier molecular flexibility index (Phi) is 6.35. The average molecular weight is 327 g/mol. The topological polar surface area (TPSA) is 18.5 Å². The van der Waals surface area contributed by atoms with Gasteiger partial charge in [-0.15, -0.1) is 0 Å². The molecule has 1 aromatic carbocycles. The third kappa shape index (κ3) is 4.90. The maximum Gasteiger partial charge on any atom is 0.0576 e. The second-order valence-electron chi connectivity index (χ2n) is 5.16. The van der Waals surface area contributed by atoms with Gasteiger partial charge in [0.1, 0.15) is 0 Å². The van der Waals surface area contributed by atoms with Crippen LogP contribution in [0.4, 0.5) is 0 Å². The van der Waals surface area contributed by atoms with Gasteiger partial charge in [0.2, 0.25) is 0 Å². The minimum absolute atomic E-state index is 0.438. The lowest BCUT2D eigenvalue weighted by atomic mass is 10.0. The molecule has 0 radical (unpaired) electrons. The van der Waals surface area contributed by atoms with E-state index in [1.54, 1.807) is 7.11 Å². The maximum absolute atomic E-state index is 5.67. The summed E-state index contributed by atoms with van der Waals surface area (Å²) in [4.78, 5) is 0.438. The summed E-state index contributed by atoms with van der Waals surface area (Å²) in [5.41, 5.74) is 2.70. The Bertz CT molecular complexity index is 358. The summed E-state index contributed by atoms with van der Waals surface area (Å²) in [7, 11) is 1.74. The van der Waals surface area contributed by atoms with Crippen molar-refractivity contribution in [2.24, 2.45) is 0 Å². The van der Waals surface area contributed by atoms with E-state index in [-0.39, 0.29) is 0 Å². The van der Waals surface area contributed by atoms with Crippen LogP contribution < -0.4 is 0 Å². The summed E-state index contributed by atoms with van der Waals surface area (Å²) in [6, 6.07) is 8.85. The van der Waals surface area contributed by atoms with E-state index < -0.39 is 0 Å². The van der Waals surface area contributed by atoms with E-state index in [0.29, 0.717) is 10.9 Å². The van der Waals surface area contributed by atoms with Gasteiger partial charge in [0, 0.05) is 18.5 Å². The molecule has 106 valence electrons. The summed E-state index contributed by atoms with van der Waals surface area (Å²) in [5, 5.41) is 0. The second kappa shape index (κ2) is 8.03. The SMILES string of the molecule is COCCc1ccc(C(Br)CCC2CCCO2)cc1. The van der Waals surface area contributed by atoms with Gasteiger partial charge in [0.15, 0.2) is 0 Å². The molecule has 1 saturated heterocycles. The fourth-order valence-corrected chi connectivity index (χ4v) is 3.05. The molecule has 0 N–H and O–H groups in total. The van der Waals surface area contributed by atoms with Gasteiger partial charge in [-0.05, 0) is 43.2 Å². The van der Waals surface area contributed by atoms with Crippen LogP contribution >= 0.6 is 15.9 Å². The molecule has 1 aliphatic rings. The van der Waals surface area contributed by atoms with Crippen LogP contribution in [0.1, 0.15) is 41.6 Å². The number of hydrogen-bond donors (Lipinski definition) is 0. The Hall–Kier alpha value is -0.380. The third-order valence-corrected chi connectivity index (χ3v) is 4.69. The smallest absolute Gasteiger partial charge is 0.0576 e. The first-order valence-corrected chi connectivity index (χ1v) is 8.04. The van der Waals surface area contributed by atoms with Crippen molar-refractivity contribution >= 4 is 15.9 Å². The van der Waals surface area contributed by atoms with Crippen molar-refractivity contribution in [2.75, 3.05) is 20.3 Å². The highest BCUT2D eigenvalue weighted by Crippen LogP contribution is 2.30. The van der Waals surface area contributed by atoms with Crippen molar-refractivity contribution in [1.29, 1.82) is 0 Å². The van der Waals surface area contributed by atoms with E-state index in [1.807, 2.05) is 0 Å². The minimum Gasteiger partial charge on any atom is -0.384 e. The quantitative estimate of drug-likeness (QED) is 0.696. The van der Waals surface area contributed by atoms with Crippen LogP contribution in [-0.2, 0) is 15.9 Å². The van der Waals surface area contributed by atoms with E-state index in [9.17, 15) is 0 Å². The molecule has 1 aliphatic heterocycles. The van der Waals surface area contributed by atoms with Crippen molar-refractivity contribution in [3.05, 3.63) is 35.4 Å². The standard InChI is InChI=1S/C16H23BrO2/c1-18-12-10-13-4-6-14(7-5-13)16(17)9-8-15-3-2-11-19-15/h4-7,15-16H,2-3,8-12H2,1H3. The summed E-state index contributed by atoms with van der Waals surface area (Å²) < 4.78 is 10.8. The van der Waals surface area contributed by atoms with Crippen LogP contribution in [0.5, 0.6) is 0 Å². The van der Waals surface area contributed by atoms with Gasteiger partial charge in [-0.25, -0.2) is 0 Å². The Morgan fingerprint density at radius 1 is 1.37 bits per heavy atom. The van der Waals surface area contributed by atoms with Crippen molar-refractivity contribution in [3.8, 4) is 0 Å². The molecule has 3 heteroatoms. The van der Waals surface area contributed by atoms with Crippen LogP contribution in [0.3, 0.4) is 0 Å². The normalized spacial score (nSPS) is 20.6. The number of rotatable bonds is 7. The molecule has 1 heterocycles. The Morgan fingerprint density at radius 3 is 2.79 bits per heavy atom. The monoisotopic (exact) mass is 326 g/mol. The van der Waals surface area contributed by atoms with Gasteiger partial charge in [-0.1, -0.05) is 40.2 Å². The molecule has 0 amide bonds. The number of halogens is 1. The second-order valence-corrected chi connectivity index (χ2v) is 6.27. The van der Waals surface area contributed by atoms with Crippen LogP contribution in [0.25, 0.3) is 0 Å². The first-order valence-electron chi connectivity index (χ1n) is 7.13. The van der Waals surface area contributed by atoms with Crippen LogP contribution in [0.2, 0.25) is 0 Å². The Morgan fingerprint density at radius 2 is 2.16 bits per heavy atom. The molecule has 1 aromatic rings. The number of methoxy groups -OCH3 is 1. The van der Waals surface area contributed by atoms with E-state index in [0.717, 1.165) is 32.5 Å². The molecule has 0 aliphatic carbocycles. The zero-order chi connectivity index (χ0) is 13.5. The predicted molar refractivity (Wildman–Crippen MR) is 81.9 cm³/mol. The first-order chi connectivity index (χ1) is 9.29. The lowest BCUT2D eigenvalue weighted by Gasteiger charge is -2.14. The van der Waals surface area contributed by atoms with Crippen molar-refractivity contribution < 1.29 is 9.47 Å². The Balaban J connectivity index is 1.79.